The van der Waals surface area contributed by atoms with Crippen molar-refractivity contribution < 1.29 is 14.7 Å². The van der Waals surface area contributed by atoms with E-state index >= 15 is 0 Å². The van der Waals surface area contributed by atoms with Crippen molar-refractivity contribution in [3.05, 3.63) is 35.4 Å². The molecule has 1 N–H and O–H groups in total. The lowest BCUT2D eigenvalue weighted by Gasteiger charge is -2.24. The molecule has 1 amide bonds. The summed E-state index contributed by atoms with van der Waals surface area (Å²) in [6.07, 6.45) is 0.739. The SMILES string of the molecule is CC1CCN(C(=O)c2ccc(C(C)(C)C)cc2)C1C(=O)O. The van der Waals surface area contributed by atoms with Gasteiger partial charge in [0.05, 0.1) is 0 Å². The minimum absolute atomic E-state index is 0.000276. The first-order chi connectivity index (χ1) is 9.71. The van der Waals surface area contributed by atoms with Crippen molar-refractivity contribution in [3.63, 3.8) is 0 Å². The van der Waals surface area contributed by atoms with Crippen LogP contribution in [-0.4, -0.2) is 34.5 Å². The van der Waals surface area contributed by atoms with E-state index in [1.54, 1.807) is 12.1 Å². The first kappa shape index (κ1) is 15.5. The molecule has 0 spiro atoms. The predicted molar refractivity (Wildman–Crippen MR) is 81.4 cm³/mol. The van der Waals surface area contributed by atoms with Crippen LogP contribution in [0, 0.1) is 5.92 Å². The first-order valence-corrected chi connectivity index (χ1v) is 7.36. The van der Waals surface area contributed by atoms with Gasteiger partial charge >= 0.3 is 5.97 Å². The maximum absolute atomic E-state index is 12.5. The molecule has 114 valence electrons. The summed E-state index contributed by atoms with van der Waals surface area (Å²) in [5, 5.41) is 9.31. The molecule has 1 aliphatic rings. The molecule has 4 nitrogen and oxygen atoms in total. The van der Waals surface area contributed by atoms with Gasteiger partial charge in [-0.3, -0.25) is 4.79 Å². The van der Waals surface area contributed by atoms with Crippen LogP contribution in [0.25, 0.3) is 0 Å². The smallest absolute Gasteiger partial charge is 0.326 e. The summed E-state index contributed by atoms with van der Waals surface area (Å²) in [6, 6.07) is 6.78. The van der Waals surface area contributed by atoms with Crippen LogP contribution in [0.1, 0.15) is 50.0 Å². The van der Waals surface area contributed by atoms with E-state index in [4.69, 9.17) is 0 Å². The fourth-order valence-corrected chi connectivity index (χ4v) is 2.83. The third-order valence-electron chi connectivity index (χ3n) is 4.21. The molecule has 21 heavy (non-hydrogen) atoms. The molecule has 4 heteroatoms. The maximum Gasteiger partial charge on any atom is 0.326 e. The first-order valence-electron chi connectivity index (χ1n) is 7.36. The number of carbonyl (C=O) groups is 2. The molecule has 1 aromatic carbocycles. The molecule has 0 aromatic heterocycles. The largest absolute Gasteiger partial charge is 0.480 e. The fourth-order valence-electron chi connectivity index (χ4n) is 2.83. The van der Waals surface area contributed by atoms with E-state index in [1.807, 2.05) is 19.1 Å². The third-order valence-corrected chi connectivity index (χ3v) is 4.21. The van der Waals surface area contributed by atoms with Gasteiger partial charge in [0.25, 0.3) is 5.91 Å². The van der Waals surface area contributed by atoms with E-state index < -0.39 is 12.0 Å². The Hall–Kier alpha value is -1.84. The lowest BCUT2D eigenvalue weighted by Crippen LogP contribution is -2.42. The highest BCUT2D eigenvalue weighted by Gasteiger charge is 2.39. The van der Waals surface area contributed by atoms with E-state index in [0.29, 0.717) is 12.1 Å². The summed E-state index contributed by atoms with van der Waals surface area (Å²) < 4.78 is 0. The second-order valence-corrected chi connectivity index (χ2v) is 6.87. The number of carboxylic acids is 1. The Bertz CT molecular complexity index is 542. The number of benzene rings is 1. The minimum atomic E-state index is -0.917. The number of carboxylic acid groups (broad SMARTS) is 1. The Kier molecular flexibility index (Phi) is 4.08. The summed E-state index contributed by atoms with van der Waals surface area (Å²) in [6.45, 7) is 8.75. The molecule has 1 aliphatic heterocycles. The second-order valence-electron chi connectivity index (χ2n) is 6.87. The number of hydrogen-bond donors (Lipinski definition) is 1. The van der Waals surface area contributed by atoms with E-state index in [9.17, 15) is 14.7 Å². The van der Waals surface area contributed by atoms with Crippen molar-refractivity contribution >= 4 is 11.9 Å². The lowest BCUT2D eigenvalue weighted by atomic mass is 9.86. The van der Waals surface area contributed by atoms with Crippen molar-refractivity contribution in [2.75, 3.05) is 6.54 Å². The monoisotopic (exact) mass is 289 g/mol. The van der Waals surface area contributed by atoms with Gasteiger partial charge in [0.2, 0.25) is 0 Å². The topological polar surface area (TPSA) is 57.6 Å². The van der Waals surface area contributed by atoms with Gasteiger partial charge in [0, 0.05) is 12.1 Å². The van der Waals surface area contributed by atoms with Gasteiger partial charge < -0.3 is 10.0 Å². The highest BCUT2D eigenvalue weighted by molar-refractivity contribution is 5.97. The minimum Gasteiger partial charge on any atom is -0.480 e. The predicted octanol–water partition coefficient (Wildman–Crippen LogP) is 2.92. The second kappa shape index (κ2) is 5.51. The number of amides is 1. The zero-order valence-electron chi connectivity index (χ0n) is 13.1. The van der Waals surface area contributed by atoms with Crippen LogP contribution in [0.3, 0.4) is 0 Å². The highest BCUT2D eigenvalue weighted by Crippen LogP contribution is 2.27. The van der Waals surface area contributed by atoms with E-state index in [0.717, 1.165) is 12.0 Å². The zero-order valence-corrected chi connectivity index (χ0v) is 13.1. The summed E-state index contributed by atoms with van der Waals surface area (Å²) >= 11 is 0. The average Bonchev–Trinajstić information content (AvgIpc) is 2.79. The van der Waals surface area contributed by atoms with Gasteiger partial charge in [-0.15, -0.1) is 0 Å². The summed E-state index contributed by atoms with van der Waals surface area (Å²) in [4.78, 5) is 25.4. The Balaban J connectivity index is 2.22. The molecule has 1 fully saturated rings. The van der Waals surface area contributed by atoms with Crippen molar-refractivity contribution in [2.24, 2.45) is 5.92 Å². The quantitative estimate of drug-likeness (QED) is 0.910. The van der Waals surface area contributed by atoms with Crippen LogP contribution in [0.4, 0.5) is 0 Å². The summed E-state index contributed by atoms with van der Waals surface area (Å²) in [5.74, 6) is -1.10. The Morgan fingerprint density at radius 3 is 2.24 bits per heavy atom. The number of carbonyl (C=O) groups excluding carboxylic acids is 1. The normalized spacial score (nSPS) is 22.4. The Morgan fingerprint density at radius 1 is 1.19 bits per heavy atom. The van der Waals surface area contributed by atoms with Crippen molar-refractivity contribution in [3.8, 4) is 0 Å². The molecule has 0 radical (unpaired) electrons. The van der Waals surface area contributed by atoms with Crippen LogP contribution in [-0.2, 0) is 10.2 Å². The molecule has 0 saturated carbocycles. The molecule has 1 heterocycles. The van der Waals surface area contributed by atoms with Crippen LogP contribution in [0.2, 0.25) is 0 Å². The molecule has 2 rings (SSSR count). The van der Waals surface area contributed by atoms with Crippen LogP contribution < -0.4 is 0 Å². The van der Waals surface area contributed by atoms with Gasteiger partial charge in [-0.25, -0.2) is 4.79 Å². The Labute approximate surface area is 125 Å². The standard InChI is InChI=1S/C17H23NO3/c1-11-9-10-18(14(11)16(20)21)15(19)12-5-7-13(8-6-12)17(2,3)4/h5-8,11,14H,9-10H2,1-4H3,(H,20,21). The molecule has 2 atom stereocenters. The molecular weight excluding hydrogens is 266 g/mol. The molecule has 0 aliphatic carbocycles. The molecule has 1 aromatic rings. The highest BCUT2D eigenvalue weighted by atomic mass is 16.4. The van der Waals surface area contributed by atoms with Gasteiger partial charge in [0.1, 0.15) is 6.04 Å². The number of nitrogens with zero attached hydrogens (tertiary/aromatic N) is 1. The number of rotatable bonds is 2. The van der Waals surface area contributed by atoms with E-state index in [-0.39, 0.29) is 17.2 Å². The van der Waals surface area contributed by atoms with Crippen LogP contribution >= 0.6 is 0 Å². The lowest BCUT2D eigenvalue weighted by molar-refractivity contribution is -0.142. The fraction of sp³-hybridized carbons (Fsp3) is 0.529. The van der Waals surface area contributed by atoms with E-state index in [1.165, 1.54) is 4.90 Å². The molecule has 2 unspecified atom stereocenters. The molecule has 0 bridgehead atoms. The van der Waals surface area contributed by atoms with Crippen molar-refractivity contribution in [1.82, 2.24) is 4.90 Å². The van der Waals surface area contributed by atoms with E-state index in [2.05, 4.69) is 20.8 Å². The van der Waals surface area contributed by atoms with Gasteiger partial charge in [-0.05, 0) is 35.4 Å². The van der Waals surface area contributed by atoms with Crippen molar-refractivity contribution in [1.29, 1.82) is 0 Å². The number of likely N-dealkylation sites (tertiary alicyclic amines) is 1. The number of hydrogen-bond acceptors (Lipinski definition) is 2. The third kappa shape index (κ3) is 3.09. The maximum atomic E-state index is 12.5. The zero-order chi connectivity index (χ0) is 15.8. The molecule has 1 saturated heterocycles. The summed E-state index contributed by atoms with van der Waals surface area (Å²) in [7, 11) is 0. The van der Waals surface area contributed by atoms with Gasteiger partial charge in [0.15, 0.2) is 0 Å². The van der Waals surface area contributed by atoms with Gasteiger partial charge in [-0.1, -0.05) is 39.8 Å². The molecular formula is C17H23NO3. The number of aliphatic carboxylic acids is 1. The van der Waals surface area contributed by atoms with Crippen LogP contribution in [0.5, 0.6) is 0 Å². The van der Waals surface area contributed by atoms with Crippen molar-refractivity contribution in [2.45, 2.75) is 45.6 Å². The van der Waals surface area contributed by atoms with Gasteiger partial charge in [-0.2, -0.15) is 0 Å². The van der Waals surface area contributed by atoms with Crippen LogP contribution in [0.15, 0.2) is 24.3 Å². The Morgan fingerprint density at radius 2 is 1.76 bits per heavy atom. The summed E-state index contributed by atoms with van der Waals surface area (Å²) in [5.41, 5.74) is 1.75. The average molecular weight is 289 g/mol.